The molecule has 0 aliphatic rings. The second-order valence-corrected chi connectivity index (χ2v) is 6.28. The Morgan fingerprint density at radius 3 is 2.00 bits per heavy atom. The lowest BCUT2D eigenvalue weighted by atomic mass is 10.3. The van der Waals surface area contributed by atoms with Crippen molar-refractivity contribution in [3.63, 3.8) is 0 Å². The van der Waals surface area contributed by atoms with Crippen LogP contribution in [0.4, 0.5) is 0 Å². The van der Waals surface area contributed by atoms with Crippen molar-refractivity contribution in [3.8, 4) is 5.75 Å². The molecule has 0 unspecified atom stereocenters. The van der Waals surface area contributed by atoms with Crippen LogP contribution in [0, 0.1) is 0 Å². The highest BCUT2D eigenvalue weighted by Crippen LogP contribution is 2.43. The maximum atomic E-state index is 8.95. The maximum absolute atomic E-state index is 8.95. The number of halogens is 3. The molecule has 0 aromatic heterocycles. The van der Waals surface area contributed by atoms with E-state index in [0.717, 1.165) is 16.7 Å². The molecule has 0 aliphatic carbocycles. The molecule has 0 fully saturated rings. The third-order valence-corrected chi connectivity index (χ3v) is 2.50. The zero-order chi connectivity index (χ0) is 9.19. The van der Waals surface area contributed by atoms with Crippen LogP contribution in [-0.2, 0) is 0 Å². The molecule has 1 N–H and O–H groups in total. The van der Waals surface area contributed by atoms with Gasteiger partial charge in [-0.2, -0.15) is 0 Å². The molecule has 0 heterocycles. The molecule has 5 heteroatoms. The van der Waals surface area contributed by atoms with Crippen molar-refractivity contribution in [2.24, 2.45) is 0 Å². The first-order valence-corrected chi connectivity index (χ1v) is 4.97. The van der Waals surface area contributed by atoms with E-state index in [4.69, 9.17) is 39.9 Å². The van der Waals surface area contributed by atoms with Gasteiger partial charge >= 0.3 is 0 Å². The number of hydrogen-bond acceptors (Lipinski definition) is 2. The highest BCUT2D eigenvalue weighted by atomic mass is 35.6. The summed E-state index contributed by atoms with van der Waals surface area (Å²) < 4.78 is -1.35. The number of phenolic OH excluding ortho intramolecular Hbond substituents is 1. The van der Waals surface area contributed by atoms with Crippen molar-refractivity contribution in [2.75, 3.05) is 0 Å². The van der Waals surface area contributed by atoms with E-state index in [1.807, 2.05) is 0 Å². The van der Waals surface area contributed by atoms with Crippen molar-refractivity contribution in [1.29, 1.82) is 0 Å². The second-order valence-electron chi connectivity index (χ2n) is 2.04. The summed E-state index contributed by atoms with van der Waals surface area (Å²) in [5.74, 6) is 0.198. The minimum Gasteiger partial charge on any atom is -0.508 e. The summed E-state index contributed by atoms with van der Waals surface area (Å²) in [6, 6.07) is 6.45. The summed E-state index contributed by atoms with van der Waals surface area (Å²) >= 11 is 17.7. The average Bonchev–Trinajstić information content (AvgIpc) is 1.91. The Labute approximate surface area is 89.6 Å². The topological polar surface area (TPSA) is 20.2 Å². The van der Waals surface area contributed by atoms with Gasteiger partial charge in [0.2, 0.25) is 3.12 Å². The molecular formula is C7H5Cl3OS. The van der Waals surface area contributed by atoms with Crippen molar-refractivity contribution in [2.45, 2.75) is 8.02 Å². The lowest BCUT2D eigenvalue weighted by Crippen LogP contribution is -1.92. The van der Waals surface area contributed by atoms with Crippen LogP contribution in [0.1, 0.15) is 0 Å². The molecule has 0 saturated heterocycles. The van der Waals surface area contributed by atoms with Crippen LogP contribution in [-0.4, -0.2) is 8.23 Å². The van der Waals surface area contributed by atoms with E-state index in [1.54, 1.807) is 24.3 Å². The molecule has 1 rings (SSSR count). The molecule has 1 aromatic rings. The van der Waals surface area contributed by atoms with E-state index >= 15 is 0 Å². The largest absolute Gasteiger partial charge is 0.508 e. The van der Waals surface area contributed by atoms with Crippen LogP contribution in [0.25, 0.3) is 0 Å². The highest BCUT2D eigenvalue weighted by Gasteiger charge is 2.20. The van der Waals surface area contributed by atoms with Crippen LogP contribution >= 0.6 is 46.6 Å². The SMILES string of the molecule is Oc1ccc(SC(Cl)(Cl)Cl)cc1. The monoisotopic (exact) mass is 242 g/mol. The molecule has 0 spiro atoms. The maximum Gasteiger partial charge on any atom is 0.241 e. The highest BCUT2D eigenvalue weighted by molar-refractivity contribution is 8.04. The van der Waals surface area contributed by atoms with Gasteiger partial charge in [0.1, 0.15) is 5.75 Å². The number of rotatable bonds is 1. The molecular weight excluding hydrogens is 239 g/mol. The van der Waals surface area contributed by atoms with E-state index in [1.165, 1.54) is 0 Å². The van der Waals surface area contributed by atoms with E-state index in [-0.39, 0.29) is 5.75 Å². The Bertz CT molecular complexity index is 254. The molecule has 1 aromatic carbocycles. The summed E-state index contributed by atoms with van der Waals surface area (Å²) in [4.78, 5) is 0.799. The van der Waals surface area contributed by atoms with Gasteiger partial charge in [0.15, 0.2) is 0 Å². The Hall–Kier alpha value is 0.240. The van der Waals surface area contributed by atoms with Crippen LogP contribution in [0.5, 0.6) is 5.75 Å². The zero-order valence-corrected chi connectivity index (χ0v) is 8.88. The first-order valence-electron chi connectivity index (χ1n) is 3.02. The van der Waals surface area contributed by atoms with Crippen LogP contribution in [0.3, 0.4) is 0 Å². The van der Waals surface area contributed by atoms with Gasteiger partial charge in [-0.25, -0.2) is 0 Å². The standard InChI is InChI=1S/C7H5Cl3OS/c8-7(9,10)12-6-3-1-5(11)2-4-6/h1-4,11H. The molecule has 1 nitrogen and oxygen atoms in total. The fourth-order valence-corrected chi connectivity index (χ4v) is 1.99. The van der Waals surface area contributed by atoms with Crippen molar-refractivity contribution >= 4 is 46.6 Å². The zero-order valence-electron chi connectivity index (χ0n) is 5.80. The predicted molar refractivity (Wildman–Crippen MR) is 54.3 cm³/mol. The Morgan fingerprint density at radius 2 is 1.58 bits per heavy atom. The smallest absolute Gasteiger partial charge is 0.241 e. The number of phenols is 1. The van der Waals surface area contributed by atoms with Crippen molar-refractivity contribution in [1.82, 2.24) is 0 Å². The Balaban J connectivity index is 2.71. The lowest BCUT2D eigenvalue weighted by molar-refractivity contribution is 0.475. The predicted octanol–water partition coefficient (Wildman–Crippen LogP) is 3.81. The average molecular weight is 244 g/mol. The van der Waals surface area contributed by atoms with Gasteiger partial charge in [0, 0.05) is 4.90 Å². The minimum atomic E-state index is -1.35. The van der Waals surface area contributed by atoms with Crippen LogP contribution < -0.4 is 0 Å². The summed E-state index contributed by atoms with van der Waals surface area (Å²) in [6.45, 7) is 0. The Kier molecular flexibility index (Phi) is 3.41. The molecule has 0 radical (unpaired) electrons. The Morgan fingerprint density at radius 1 is 1.08 bits per heavy atom. The van der Waals surface area contributed by atoms with E-state index in [9.17, 15) is 0 Å². The summed E-state index contributed by atoms with van der Waals surface area (Å²) in [5, 5.41) is 8.95. The third kappa shape index (κ3) is 3.76. The van der Waals surface area contributed by atoms with Gasteiger partial charge in [0.05, 0.1) is 0 Å². The fraction of sp³-hybridized carbons (Fsp3) is 0.143. The number of hydrogen-bond donors (Lipinski definition) is 1. The minimum absolute atomic E-state index is 0.198. The third-order valence-electron chi connectivity index (χ3n) is 1.07. The molecule has 0 bridgehead atoms. The van der Waals surface area contributed by atoms with Gasteiger partial charge < -0.3 is 5.11 Å². The molecule has 0 aliphatic heterocycles. The molecule has 0 atom stereocenters. The van der Waals surface area contributed by atoms with E-state index in [0.29, 0.717) is 0 Å². The summed E-state index contributed by atoms with van der Waals surface area (Å²) in [6.07, 6.45) is 0. The van der Waals surface area contributed by atoms with Crippen molar-refractivity contribution in [3.05, 3.63) is 24.3 Å². The van der Waals surface area contributed by atoms with E-state index in [2.05, 4.69) is 0 Å². The van der Waals surface area contributed by atoms with Gasteiger partial charge in [-0.3, -0.25) is 0 Å². The van der Waals surface area contributed by atoms with Gasteiger partial charge in [-0.15, -0.1) is 0 Å². The quantitative estimate of drug-likeness (QED) is 0.598. The molecule has 0 saturated carbocycles. The van der Waals surface area contributed by atoms with Gasteiger partial charge in [-0.1, -0.05) is 46.6 Å². The van der Waals surface area contributed by atoms with Crippen molar-refractivity contribution < 1.29 is 5.11 Å². The fourth-order valence-electron chi connectivity index (χ4n) is 0.648. The second kappa shape index (κ2) is 3.97. The molecule has 12 heavy (non-hydrogen) atoms. The first kappa shape index (κ1) is 10.3. The van der Waals surface area contributed by atoms with Crippen LogP contribution in [0.15, 0.2) is 29.2 Å². The van der Waals surface area contributed by atoms with Gasteiger partial charge in [0.25, 0.3) is 0 Å². The summed E-state index contributed by atoms with van der Waals surface area (Å²) in [7, 11) is 0. The molecule has 0 amide bonds. The molecule has 66 valence electrons. The van der Waals surface area contributed by atoms with Crippen LogP contribution in [0.2, 0.25) is 0 Å². The number of thioether (sulfide) groups is 1. The number of aromatic hydroxyl groups is 1. The normalized spacial score (nSPS) is 11.6. The number of alkyl halides is 3. The van der Waals surface area contributed by atoms with E-state index < -0.39 is 3.12 Å². The number of benzene rings is 1. The first-order chi connectivity index (χ1) is 5.47. The summed E-state index contributed by atoms with van der Waals surface area (Å²) in [5.41, 5.74) is 0. The lowest BCUT2D eigenvalue weighted by Gasteiger charge is -2.09. The van der Waals surface area contributed by atoms with Gasteiger partial charge in [-0.05, 0) is 24.3 Å².